The first kappa shape index (κ1) is 19.2. The number of nitrogens with zero attached hydrogens (tertiary/aromatic N) is 1. The van der Waals surface area contributed by atoms with Gasteiger partial charge in [-0.2, -0.15) is 0 Å². The van der Waals surface area contributed by atoms with Crippen molar-refractivity contribution in [3.8, 4) is 11.1 Å². The fraction of sp³-hybridized carbons (Fsp3) is 0.240. The fourth-order valence-electron chi connectivity index (χ4n) is 4.21. The van der Waals surface area contributed by atoms with Crippen LogP contribution in [0.1, 0.15) is 34.2 Å². The third-order valence-electron chi connectivity index (χ3n) is 5.81. The van der Waals surface area contributed by atoms with Crippen molar-refractivity contribution in [3.63, 3.8) is 0 Å². The van der Waals surface area contributed by atoms with Crippen LogP contribution in [0.4, 0.5) is 4.79 Å². The fourth-order valence-corrected chi connectivity index (χ4v) is 4.21. The number of fused-ring (bicyclic) bond motifs is 3. The number of rotatable bonds is 5. The molecule has 29 heavy (non-hydrogen) atoms. The Morgan fingerprint density at radius 1 is 0.966 bits per heavy atom. The molecule has 1 N–H and O–H groups in total. The number of likely N-dealkylation sites (N-methyl/N-ethyl adjacent to an activating group) is 1. The number of ether oxygens (including phenoxy) is 1. The van der Waals surface area contributed by atoms with Crippen LogP contribution < -0.4 is 0 Å². The molecule has 0 saturated carbocycles. The Morgan fingerprint density at radius 3 is 2.10 bits per heavy atom. The van der Waals surface area contributed by atoms with Crippen LogP contribution in [0.15, 0.2) is 72.8 Å². The van der Waals surface area contributed by atoms with Gasteiger partial charge < -0.3 is 14.7 Å². The normalized spacial score (nSPS) is 13.5. The van der Waals surface area contributed by atoms with E-state index in [1.807, 2.05) is 55.5 Å². The van der Waals surface area contributed by atoms with Gasteiger partial charge in [0.1, 0.15) is 6.61 Å². The van der Waals surface area contributed by atoms with E-state index >= 15 is 0 Å². The van der Waals surface area contributed by atoms with E-state index in [-0.39, 0.29) is 19.1 Å². The number of aliphatic hydroxyl groups excluding tert-OH is 1. The highest BCUT2D eigenvalue weighted by molar-refractivity contribution is 5.79. The van der Waals surface area contributed by atoms with Gasteiger partial charge in [-0.25, -0.2) is 4.79 Å². The average molecular weight is 387 g/mol. The molecule has 0 fully saturated rings. The summed E-state index contributed by atoms with van der Waals surface area (Å²) in [6, 6.07) is 23.9. The number of aryl methyl sites for hydroxylation is 1. The Morgan fingerprint density at radius 2 is 1.52 bits per heavy atom. The molecular weight excluding hydrogens is 362 g/mol. The van der Waals surface area contributed by atoms with Gasteiger partial charge in [-0.1, -0.05) is 72.8 Å². The number of carbonyl (C=O) groups is 1. The Kier molecular flexibility index (Phi) is 5.36. The zero-order valence-corrected chi connectivity index (χ0v) is 16.7. The molecule has 4 nitrogen and oxygen atoms in total. The number of aliphatic hydroxyl groups is 1. The Hall–Kier alpha value is -3.11. The van der Waals surface area contributed by atoms with Crippen LogP contribution in [-0.4, -0.2) is 36.4 Å². The first-order chi connectivity index (χ1) is 14.1. The predicted molar refractivity (Wildman–Crippen MR) is 114 cm³/mol. The molecule has 1 amide bonds. The van der Waals surface area contributed by atoms with Gasteiger partial charge in [0.15, 0.2) is 0 Å². The molecule has 1 unspecified atom stereocenters. The molecular formula is C25H25NO3. The van der Waals surface area contributed by atoms with Crippen molar-refractivity contribution >= 4 is 6.09 Å². The van der Waals surface area contributed by atoms with E-state index in [2.05, 4.69) is 24.3 Å². The number of benzene rings is 3. The predicted octanol–water partition coefficient (Wildman–Crippen LogP) is 4.91. The molecule has 0 bridgehead atoms. The highest BCUT2D eigenvalue weighted by Gasteiger charge is 2.30. The molecule has 3 aromatic rings. The second-order valence-corrected chi connectivity index (χ2v) is 7.47. The maximum atomic E-state index is 12.8. The quantitative estimate of drug-likeness (QED) is 0.677. The summed E-state index contributed by atoms with van der Waals surface area (Å²) in [6.07, 6.45) is -0.436. The first-order valence-electron chi connectivity index (χ1n) is 9.86. The third-order valence-corrected chi connectivity index (χ3v) is 5.81. The summed E-state index contributed by atoms with van der Waals surface area (Å²) in [5.74, 6) is 0.0192. The minimum absolute atomic E-state index is 0.0192. The largest absolute Gasteiger partial charge is 0.448 e. The Balaban J connectivity index is 1.52. The molecule has 1 atom stereocenters. The molecule has 4 heteroatoms. The van der Waals surface area contributed by atoms with Crippen molar-refractivity contribution in [2.24, 2.45) is 0 Å². The second kappa shape index (κ2) is 8.10. The van der Waals surface area contributed by atoms with E-state index in [1.54, 1.807) is 7.05 Å². The van der Waals surface area contributed by atoms with Gasteiger partial charge in [0.25, 0.3) is 0 Å². The van der Waals surface area contributed by atoms with Crippen molar-refractivity contribution in [1.82, 2.24) is 4.90 Å². The number of amides is 1. The molecule has 0 spiro atoms. The minimum atomic E-state index is -0.438. The van der Waals surface area contributed by atoms with Gasteiger partial charge in [0.05, 0.1) is 12.6 Å². The molecule has 3 aromatic carbocycles. The molecule has 0 aliphatic heterocycles. The summed E-state index contributed by atoms with van der Waals surface area (Å²) in [5, 5.41) is 9.91. The van der Waals surface area contributed by atoms with Gasteiger partial charge in [0.2, 0.25) is 0 Å². The van der Waals surface area contributed by atoms with E-state index in [0.29, 0.717) is 0 Å². The van der Waals surface area contributed by atoms with Gasteiger partial charge >= 0.3 is 6.09 Å². The molecule has 0 radical (unpaired) electrons. The molecule has 1 aliphatic rings. The first-order valence-corrected chi connectivity index (χ1v) is 9.86. The maximum Gasteiger partial charge on any atom is 0.410 e. The highest BCUT2D eigenvalue weighted by atomic mass is 16.6. The minimum Gasteiger partial charge on any atom is -0.448 e. The van der Waals surface area contributed by atoms with Gasteiger partial charge in [-0.3, -0.25) is 0 Å². The summed E-state index contributed by atoms with van der Waals surface area (Å²) >= 11 is 0. The van der Waals surface area contributed by atoms with Crippen LogP contribution in [0.3, 0.4) is 0 Å². The molecule has 0 saturated heterocycles. The third kappa shape index (κ3) is 3.52. The van der Waals surface area contributed by atoms with Crippen LogP contribution >= 0.6 is 0 Å². The Labute approximate surface area is 171 Å². The summed E-state index contributed by atoms with van der Waals surface area (Å²) < 4.78 is 5.72. The molecule has 148 valence electrons. The summed E-state index contributed by atoms with van der Waals surface area (Å²) in [7, 11) is 1.67. The molecule has 1 aliphatic carbocycles. The highest BCUT2D eigenvalue weighted by Crippen LogP contribution is 2.44. The summed E-state index contributed by atoms with van der Waals surface area (Å²) in [5.41, 5.74) is 6.72. The Bertz CT molecular complexity index is 984. The van der Waals surface area contributed by atoms with E-state index in [1.165, 1.54) is 27.2 Å². The van der Waals surface area contributed by atoms with Crippen LogP contribution in [-0.2, 0) is 4.74 Å². The van der Waals surface area contributed by atoms with E-state index in [4.69, 9.17) is 4.74 Å². The van der Waals surface area contributed by atoms with Crippen LogP contribution in [0, 0.1) is 6.92 Å². The number of carbonyl (C=O) groups excluding carboxylic acids is 1. The molecule has 0 aromatic heterocycles. The zero-order valence-electron chi connectivity index (χ0n) is 16.7. The van der Waals surface area contributed by atoms with Crippen molar-refractivity contribution < 1.29 is 14.6 Å². The summed E-state index contributed by atoms with van der Waals surface area (Å²) in [4.78, 5) is 14.3. The monoisotopic (exact) mass is 387 g/mol. The topological polar surface area (TPSA) is 49.8 Å². The van der Waals surface area contributed by atoms with Crippen molar-refractivity contribution in [2.45, 2.75) is 18.9 Å². The van der Waals surface area contributed by atoms with Crippen molar-refractivity contribution in [1.29, 1.82) is 0 Å². The van der Waals surface area contributed by atoms with Crippen LogP contribution in [0.5, 0.6) is 0 Å². The smallest absolute Gasteiger partial charge is 0.410 e. The standard InChI is InChI=1S/C25H25NO3/c1-17-9-3-4-10-18(17)24(15-27)26(2)25(28)29-16-23-21-13-7-5-11-19(21)20-12-6-8-14-22(20)23/h3-14,23-24,27H,15-16H2,1-2H3. The second-order valence-electron chi connectivity index (χ2n) is 7.47. The maximum absolute atomic E-state index is 12.8. The van der Waals surface area contributed by atoms with Gasteiger partial charge in [0, 0.05) is 13.0 Å². The zero-order chi connectivity index (χ0) is 20.4. The lowest BCUT2D eigenvalue weighted by Gasteiger charge is -2.28. The lowest BCUT2D eigenvalue weighted by molar-refractivity contribution is 0.0788. The lowest BCUT2D eigenvalue weighted by Crippen LogP contribution is -2.34. The average Bonchev–Trinajstić information content (AvgIpc) is 3.07. The van der Waals surface area contributed by atoms with E-state index in [9.17, 15) is 9.90 Å². The van der Waals surface area contributed by atoms with Crippen molar-refractivity contribution in [2.75, 3.05) is 20.3 Å². The van der Waals surface area contributed by atoms with E-state index < -0.39 is 12.1 Å². The SMILES string of the molecule is Cc1ccccc1C(CO)N(C)C(=O)OCC1c2ccccc2-c2ccccc21. The molecule has 0 heterocycles. The lowest BCUT2D eigenvalue weighted by atomic mass is 9.98. The number of hydrogen-bond acceptors (Lipinski definition) is 3. The van der Waals surface area contributed by atoms with Gasteiger partial charge in [-0.05, 0) is 40.3 Å². The van der Waals surface area contributed by atoms with Gasteiger partial charge in [-0.15, -0.1) is 0 Å². The number of hydrogen-bond donors (Lipinski definition) is 1. The van der Waals surface area contributed by atoms with E-state index in [0.717, 1.165) is 11.1 Å². The van der Waals surface area contributed by atoms with Crippen molar-refractivity contribution in [3.05, 3.63) is 95.1 Å². The summed E-state index contributed by atoms with van der Waals surface area (Å²) in [6.45, 7) is 2.08. The van der Waals surface area contributed by atoms with Crippen LogP contribution in [0.25, 0.3) is 11.1 Å². The molecule has 4 rings (SSSR count). The van der Waals surface area contributed by atoms with Crippen LogP contribution in [0.2, 0.25) is 0 Å².